The van der Waals surface area contributed by atoms with E-state index in [9.17, 15) is 19.2 Å². The first kappa shape index (κ1) is 17.4. The van der Waals surface area contributed by atoms with Crippen LogP contribution in [0.4, 0.5) is 0 Å². The number of para-hydroxylation sites is 1. The molecule has 0 saturated carbocycles. The van der Waals surface area contributed by atoms with Crippen LogP contribution >= 0.6 is 0 Å². The Morgan fingerprint density at radius 2 is 1.96 bits per heavy atom. The van der Waals surface area contributed by atoms with E-state index in [-0.39, 0.29) is 18.6 Å². The number of fused-ring (bicyclic) bond motifs is 1. The van der Waals surface area contributed by atoms with E-state index >= 15 is 0 Å². The number of aldehydes is 1. The van der Waals surface area contributed by atoms with Gasteiger partial charge in [-0.25, -0.2) is 0 Å². The highest BCUT2D eigenvalue weighted by Gasteiger charge is 2.21. The smallest absolute Gasteiger partial charge is 0.287 e. The van der Waals surface area contributed by atoms with Crippen molar-refractivity contribution in [2.45, 2.75) is 25.8 Å². The molecule has 2 rings (SSSR count). The molecule has 0 saturated heterocycles. The minimum atomic E-state index is -0.876. The molecule has 1 aromatic heterocycles. The van der Waals surface area contributed by atoms with Gasteiger partial charge in [0, 0.05) is 24.4 Å². The standard InChI is InChI=1S/C17H18N2O5/c1-10-12-5-3-4-6-14(12)24-15(10)17(23)19-11(9-20)7-8-13(21)16(22)18-2/h3-6,9,11H,7-8H2,1-2H3,(H,18,22)(H,19,23). The number of ketones is 1. The van der Waals surface area contributed by atoms with Crippen molar-refractivity contribution in [3.63, 3.8) is 0 Å². The first-order chi connectivity index (χ1) is 11.5. The molecule has 2 aromatic rings. The van der Waals surface area contributed by atoms with Crippen LogP contribution in [0.2, 0.25) is 0 Å². The van der Waals surface area contributed by atoms with Gasteiger partial charge < -0.3 is 19.8 Å². The third-order valence-corrected chi connectivity index (χ3v) is 3.69. The highest BCUT2D eigenvalue weighted by molar-refractivity contribution is 6.36. The Bertz CT molecular complexity index is 793. The fraction of sp³-hybridized carbons (Fsp3) is 0.294. The van der Waals surface area contributed by atoms with E-state index in [1.54, 1.807) is 19.1 Å². The molecule has 2 amide bonds. The fourth-order valence-corrected chi connectivity index (χ4v) is 2.34. The van der Waals surface area contributed by atoms with E-state index in [1.807, 2.05) is 12.1 Å². The SMILES string of the molecule is CNC(=O)C(=O)CCC(C=O)NC(=O)c1oc2ccccc2c1C. The van der Waals surface area contributed by atoms with Gasteiger partial charge in [-0.15, -0.1) is 0 Å². The van der Waals surface area contributed by atoms with Crippen molar-refractivity contribution in [3.8, 4) is 0 Å². The van der Waals surface area contributed by atoms with Crippen molar-refractivity contribution in [3.05, 3.63) is 35.6 Å². The lowest BCUT2D eigenvalue weighted by molar-refractivity contribution is -0.137. The number of aryl methyl sites for hydroxylation is 1. The van der Waals surface area contributed by atoms with Gasteiger partial charge in [0.2, 0.25) is 5.78 Å². The summed E-state index contributed by atoms with van der Waals surface area (Å²) in [5, 5.41) is 5.55. The van der Waals surface area contributed by atoms with Gasteiger partial charge in [0.25, 0.3) is 11.8 Å². The minimum Gasteiger partial charge on any atom is -0.451 e. The number of amides is 2. The topological polar surface area (TPSA) is 105 Å². The van der Waals surface area contributed by atoms with Crippen LogP contribution in [0.5, 0.6) is 0 Å². The van der Waals surface area contributed by atoms with Crippen molar-refractivity contribution < 1.29 is 23.6 Å². The zero-order valence-corrected chi connectivity index (χ0v) is 13.4. The van der Waals surface area contributed by atoms with Crippen molar-refractivity contribution in [1.29, 1.82) is 0 Å². The van der Waals surface area contributed by atoms with Crippen molar-refractivity contribution in [2.75, 3.05) is 7.05 Å². The summed E-state index contributed by atoms with van der Waals surface area (Å²) in [6, 6.07) is 6.35. The molecule has 0 aliphatic heterocycles. The Morgan fingerprint density at radius 1 is 1.25 bits per heavy atom. The molecule has 0 fully saturated rings. The first-order valence-electron chi connectivity index (χ1n) is 7.47. The fourth-order valence-electron chi connectivity index (χ4n) is 2.34. The van der Waals surface area contributed by atoms with Crippen LogP contribution in [0.1, 0.15) is 29.0 Å². The van der Waals surface area contributed by atoms with Crippen LogP contribution < -0.4 is 10.6 Å². The Kier molecular flexibility index (Phi) is 5.47. The van der Waals surface area contributed by atoms with Gasteiger partial charge in [-0.2, -0.15) is 0 Å². The number of likely N-dealkylation sites (N-methyl/N-ethyl adjacent to an activating group) is 1. The lowest BCUT2D eigenvalue weighted by Crippen LogP contribution is -2.37. The van der Waals surface area contributed by atoms with Crippen LogP contribution in [0.15, 0.2) is 28.7 Å². The van der Waals surface area contributed by atoms with Crippen LogP contribution in [-0.4, -0.2) is 37.0 Å². The summed E-state index contributed by atoms with van der Waals surface area (Å²) in [5.74, 6) is -1.77. The first-order valence-corrected chi connectivity index (χ1v) is 7.47. The quantitative estimate of drug-likeness (QED) is 0.585. The molecule has 2 N–H and O–H groups in total. The summed E-state index contributed by atoms with van der Waals surface area (Å²) in [4.78, 5) is 46.0. The molecule has 1 atom stereocenters. The summed E-state index contributed by atoms with van der Waals surface area (Å²) >= 11 is 0. The summed E-state index contributed by atoms with van der Waals surface area (Å²) in [7, 11) is 1.35. The van der Waals surface area contributed by atoms with E-state index in [0.29, 0.717) is 17.4 Å². The Hall–Kier alpha value is -2.96. The number of nitrogens with one attached hydrogen (secondary N) is 2. The summed E-state index contributed by atoms with van der Waals surface area (Å²) in [6.07, 6.45) is 0.441. The van der Waals surface area contributed by atoms with Gasteiger partial charge in [-0.1, -0.05) is 18.2 Å². The lowest BCUT2D eigenvalue weighted by Gasteiger charge is -2.11. The second-order valence-corrected chi connectivity index (χ2v) is 5.31. The highest BCUT2D eigenvalue weighted by atomic mass is 16.3. The van der Waals surface area contributed by atoms with Gasteiger partial charge in [0.15, 0.2) is 5.76 Å². The molecule has 1 unspecified atom stereocenters. The van der Waals surface area contributed by atoms with Crippen LogP contribution in [0.25, 0.3) is 11.0 Å². The third-order valence-electron chi connectivity index (χ3n) is 3.69. The summed E-state index contributed by atoms with van der Waals surface area (Å²) in [6.45, 7) is 1.76. The Balaban J connectivity index is 2.05. The van der Waals surface area contributed by atoms with Crippen LogP contribution in [-0.2, 0) is 14.4 Å². The maximum atomic E-state index is 12.3. The maximum absolute atomic E-state index is 12.3. The Morgan fingerprint density at radius 3 is 2.58 bits per heavy atom. The Labute approximate surface area is 138 Å². The van der Waals surface area contributed by atoms with Gasteiger partial charge in [0.1, 0.15) is 11.9 Å². The predicted molar refractivity (Wildman–Crippen MR) is 86.6 cm³/mol. The van der Waals surface area contributed by atoms with E-state index < -0.39 is 23.6 Å². The number of carbonyl (C=O) groups excluding carboxylic acids is 4. The molecular weight excluding hydrogens is 312 g/mol. The average Bonchev–Trinajstić information content (AvgIpc) is 2.94. The second-order valence-electron chi connectivity index (χ2n) is 5.31. The zero-order valence-electron chi connectivity index (χ0n) is 13.4. The second kappa shape index (κ2) is 7.54. The van der Waals surface area contributed by atoms with Crippen molar-refractivity contribution >= 4 is 34.9 Å². The van der Waals surface area contributed by atoms with E-state index in [1.165, 1.54) is 7.05 Å². The molecule has 0 bridgehead atoms. The molecule has 0 aliphatic rings. The maximum Gasteiger partial charge on any atom is 0.287 e. The molecule has 126 valence electrons. The van der Waals surface area contributed by atoms with E-state index in [0.717, 1.165) is 5.39 Å². The molecule has 1 heterocycles. The molecular formula is C17H18N2O5. The van der Waals surface area contributed by atoms with Gasteiger partial charge in [0.05, 0.1) is 6.04 Å². The normalized spacial score (nSPS) is 11.8. The summed E-state index contributed by atoms with van der Waals surface area (Å²) in [5.41, 5.74) is 1.26. The van der Waals surface area contributed by atoms with Crippen LogP contribution in [0, 0.1) is 6.92 Å². The number of Topliss-reactive ketones (excluding diaryl/α,β-unsaturated/α-hetero) is 1. The third kappa shape index (κ3) is 3.68. The van der Waals surface area contributed by atoms with Gasteiger partial charge >= 0.3 is 0 Å². The number of rotatable bonds is 7. The number of hydrogen-bond donors (Lipinski definition) is 2. The van der Waals surface area contributed by atoms with Gasteiger partial charge in [-0.05, 0) is 19.4 Å². The van der Waals surface area contributed by atoms with Crippen molar-refractivity contribution in [1.82, 2.24) is 10.6 Å². The molecule has 0 aliphatic carbocycles. The highest BCUT2D eigenvalue weighted by Crippen LogP contribution is 2.24. The molecule has 7 heteroatoms. The van der Waals surface area contributed by atoms with Crippen molar-refractivity contribution in [2.24, 2.45) is 0 Å². The number of benzene rings is 1. The number of carbonyl (C=O) groups is 4. The number of furan rings is 1. The molecule has 1 aromatic carbocycles. The van der Waals surface area contributed by atoms with E-state index in [2.05, 4.69) is 10.6 Å². The average molecular weight is 330 g/mol. The zero-order chi connectivity index (χ0) is 17.7. The minimum absolute atomic E-state index is 0.0424. The predicted octanol–water partition coefficient (Wildman–Crippen LogP) is 1.13. The van der Waals surface area contributed by atoms with Gasteiger partial charge in [-0.3, -0.25) is 14.4 Å². The number of hydrogen-bond acceptors (Lipinski definition) is 5. The largest absolute Gasteiger partial charge is 0.451 e. The summed E-state index contributed by atoms with van der Waals surface area (Å²) < 4.78 is 5.53. The lowest BCUT2D eigenvalue weighted by atomic mass is 10.1. The van der Waals surface area contributed by atoms with E-state index in [4.69, 9.17) is 4.42 Å². The molecule has 7 nitrogen and oxygen atoms in total. The molecule has 0 spiro atoms. The van der Waals surface area contributed by atoms with Crippen LogP contribution in [0.3, 0.4) is 0 Å². The molecule has 0 radical (unpaired) electrons. The molecule has 24 heavy (non-hydrogen) atoms. The monoisotopic (exact) mass is 330 g/mol.